The molecule has 0 unspecified atom stereocenters. The number of carbonyl (C=O) groups is 3. The number of amides is 3. The Morgan fingerprint density at radius 3 is 2.42 bits per heavy atom. The largest absolute Gasteiger partial charge is 0.493 e. The third kappa shape index (κ3) is 5.68. The molecule has 1 saturated carbocycles. The monoisotopic (exact) mass is 431 g/mol. The lowest BCUT2D eigenvalue weighted by atomic mass is 9.95. The first-order valence-electron chi connectivity index (χ1n) is 11.1. The van der Waals surface area contributed by atoms with E-state index in [1.54, 1.807) is 30.2 Å². The standard InChI is InChI=1S/C23H33N3O5/c1-30-18-11-10-17(15-19(18)31-2)24-22(29)23(12-6-7-13-23)25-20(27)16-26-14-8-4-3-5-9-21(26)28/h10-11,15H,3-9,12-14,16H2,1-2H3,(H,24,29)(H,25,27). The lowest BCUT2D eigenvalue weighted by Gasteiger charge is -2.31. The fourth-order valence-corrected chi connectivity index (χ4v) is 4.41. The molecule has 1 heterocycles. The van der Waals surface area contributed by atoms with Crippen LogP contribution in [0.5, 0.6) is 11.5 Å². The molecule has 0 spiro atoms. The van der Waals surface area contributed by atoms with Crippen LogP contribution in [-0.2, 0) is 14.4 Å². The predicted octanol–water partition coefficient (Wildman–Crippen LogP) is 2.86. The van der Waals surface area contributed by atoms with Crippen molar-refractivity contribution in [3.63, 3.8) is 0 Å². The van der Waals surface area contributed by atoms with E-state index in [1.807, 2.05) is 0 Å². The van der Waals surface area contributed by atoms with Gasteiger partial charge in [0.05, 0.1) is 20.8 Å². The molecule has 8 nitrogen and oxygen atoms in total. The van der Waals surface area contributed by atoms with Gasteiger partial charge in [-0.2, -0.15) is 0 Å². The van der Waals surface area contributed by atoms with E-state index in [0.717, 1.165) is 38.5 Å². The maximum atomic E-state index is 13.2. The summed E-state index contributed by atoms with van der Waals surface area (Å²) in [4.78, 5) is 40.0. The van der Waals surface area contributed by atoms with Gasteiger partial charge in [-0.05, 0) is 37.8 Å². The van der Waals surface area contributed by atoms with Gasteiger partial charge in [0.2, 0.25) is 17.7 Å². The van der Waals surface area contributed by atoms with Gasteiger partial charge in [0.25, 0.3) is 0 Å². The molecule has 2 aliphatic rings. The Balaban J connectivity index is 1.67. The van der Waals surface area contributed by atoms with E-state index in [4.69, 9.17) is 9.47 Å². The van der Waals surface area contributed by atoms with Crippen LogP contribution < -0.4 is 20.1 Å². The van der Waals surface area contributed by atoms with Gasteiger partial charge in [-0.15, -0.1) is 0 Å². The summed E-state index contributed by atoms with van der Waals surface area (Å²) in [6, 6.07) is 5.16. The Hall–Kier alpha value is -2.77. The summed E-state index contributed by atoms with van der Waals surface area (Å²) in [6.07, 6.45) is 7.27. The van der Waals surface area contributed by atoms with Crippen molar-refractivity contribution < 1.29 is 23.9 Å². The minimum absolute atomic E-state index is 0.00419. The van der Waals surface area contributed by atoms with Crippen molar-refractivity contribution in [2.45, 2.75) is 63.3 Å². The first kappa shape index (κ1) is 22.9. The number of benzene rings is 1. The molecule has 1 aromatic rings. The Bertz CT molecular complexity index is 804. The average Bonchev–Trinajstić information content (AvgIpc) is 3.23. The van der Waals surface area contributed by atoms with Crippen molar-refractivity contribution in [1.29, 1.82) is 0 Å². The minimum atomic E-state index is -0.962. The van der Waals surface area contributed by atoms with Gasteiger partial charge in [-0.25, -0.2) is 0 Å². The lowest BCUT2D eigenvalue weighted by molar-refractivity contribution is -0.138. The van der Waals surface area contributed by atoms with E-state index >= 15 is 0 Å². The van der Waals surface area contributed by atoms with Crippen molar-refractivity contribution in [1.82, 2.24) is 10.2 Å². The van der Waals surface area contributed by atoms with Crippen LogP contribution in [0, 0.1) is 0 Å². The zero-order valence-electron chi connectivity index (χ0n) is 18.5. The van der Waals surface area contributed by atoms with Crippen LogP contribution in [0.4, 0.5) is 5.69 Å². The summed E-state index contributed by atoms with van der Waals surface area (Å²) >= 11 is 0. The maximum absolute atomic E-state index is 13.2. The molecular formula is C23H33N3O5. The first-order valence-corrected chi connectivity index (χ1v) is 11.1. The molecule has 0 bridgehead atoms. The van der Waals surface area contributed by atoms with Crippen molar-refractivity contribution in [3.05, 3.63) is 18.2 Å². The van der Waals surface area contributed by atoms with Crippen LogP contribution >= 0.6 is 0 Å². The normalized spacial score (nSPS) is 18.6. The van der Waals surface area contributed by atoms with Crippen LogP contribution in [0.2, 0.25) is 0 Å². The van der Waals surface area contributed by atoms with Gasteiger partial charge in [-0.1, -0.05) is 25.7 Å². The highest BCUT2D eigenvalue weighted by Crippen LogP contribution is 2.33. The SMILES string of the molecule is COc1ccc(NC(=O)C2(NC(=O)CN3CCCCCCC3=O)CCCC2)cc1OC. The van der Waals surface area contributed by atoms with Crippen LogP contribution in [0.1, 0.15) is 57.8 Å². The second-order valence-electron chi connectivity index (χ2n) is 8.34. The number of hydrogen-bond acceptors (Lipinski definition) is 5. The molecule has 1 aromatic carbocycles. The molecule has 1 saturated heterocycles. The summed E-state index contributed by atoms with van der Waals surface area (Å²) in [5, 5.41) is 5.88. The number of carbonyl (C=O) groups excluding carboxylic acids is 3. The van der Waals surface area contributed by atoms with E-state index in [9.17, 15) is 14.4 Å². The highest BCUT2D eigenvalue weighted by Gasteiger charge is 2.42. The average molecular weight is 432 g/mol. The zero-order valence-corrected chi connectivity index (χ0v) is 18.5. The molecule has 3 rings (SSSR count). The van der Waals surface area contributed by atoms with Gasteiger partial charge < -0.3 is 25.0 Å². The minimum Gasteiger partial charge on any atom is -0.493 e. The summed E-state index contributed by atoms with van der Waals surface area (Å²) < 4.78 is 10.5. The van der Waals surface area contributed by atoms with Crippen molar-refractivity contribution in [2.24, 2.45) is 0 Å². The highest BCUT2D eigenvalue weighted by molar-refractivity contribution is 6.01. The van der Waals surface area contributed by atoms with Gasteiger partial charge in [0, 0.05) is 24.7 Å². The first-order chi connectivity index (χ1) is 15.0. The van der Waals surface area contributed by atoms with Crippen molar-refractivity contribution in [2.75, 3.05) is 32.6 Å². The number of methoxy groups -OCH3 is 2. The fourth-order valence-electron chi connectivity index (χ4n) is 4.41. The van der Waals surface area contributed by atoms with Gasteiger partial charge in [-0.3, -0.25) is 14.4 Å². The van der Waals surface area contributed by atoms with Crippen molar-refractivity contribution in [3.8, 4) is 11.5 Å². The number of anilines is 1. The van der Waals surface area contributed by atoms with Crippen LogP contribution in [0.25, 0.3) is 0 Å². The van der Waals surface area contributed by atoms with Crippen molar-refractivity contribution >= 4 is 23.4 Å². The Morgan fingerprint density at radius 2 is 1.71 bits per heavy atom. The van der Waals surface area contributed by atoms with E-state index in [1.165, 1.54) is 7.11 Å². The number of likely N-dealkylation sites (tertiary alicyclic amines) is 1. The Kier molecular flexibility index (Phi) is 7.76. The molecule has 0 aromatic heterocycles. The number of rotatable bonds is 7. The van der Waals surface area contributed by atoms with Crippen LogP contribution in [-0.4, -0.2) is 55.5 Å². The number of nitrogens with zero attached hydrogens (tertiary/aromatic N) is 1. The maximum Gasteiger partial charge on any atom is 0.250 e. The molecule has 0 radical (unpaired) electrons. The number of ether oxygens (including phenoxy) is 2. The topological polar surface area (TPSA) is 97.0 Å². The third-order valence-electron chi connectivity index (χ3n) is 6.17. The zero-order chi connectivity index (χ0) is 22.3. The fraction of sp³-hybridized carbons (Fsp3) is 0.609. The van der Waals surface area contributed by atoms with E-state index in [2.05, 4.69) is 10.6 Å². The van der Waals surface area contributed by atoms with Crippen LogP contribution in [0.15, 0.2) is 18.2 Å². The predicted molar refractivity (Wildman–Crippen MR) is 117 cm³/mol. The summed E-state index contributed by atoms with van der Waals surface area (Å²) in [5.74, 6) is 0.579. The quantitative estimate of drug-likeness (QED) is 0.692. The van der Waals surface area contributed by atoms with E-state index in [0.29, 0.717) is 43.0 Å². The molecule has 8 heteroatoms. The number of nitrogens with one attached hydrogen (secondary N) is 2. The summed E-state index contributed by atoms with van der Waals surface area (Å²) in [7, 11) is 3.09. The Labute approximate surface area is 183 Å². The Morgan fingerprint density at radius 1 is 1.00 bits per heavy atom. The summed E-state index contributed by atoms with van der Waals surface area (Å²) in [6.45, 7) is 0.599. The van der Waals surface area contributed by atoms with Crippen LogP contribution in [0.3, 0.4) is 0 Å². The molecule has 170 valence electrons. The molecular weight excluding hydrogens is 398 g/mol. The second kappa shape index (κ2) is 10.5. The summed E-state index contributed by atoms with van der Waals surface area (Å²) in [5.41, 5.74) is -0.391. The highest BCUT2D eigenvalue weighted by atomic mass is 16.5. The molecule has 0 atom stereocenters. The van der Waals surface area contributed by atoms with Gasteiger partial charge >= 0.3 is 0 Å². The molecule has 31 heavy (non-hydrogen) atoms. The lowest BCUT2D eigenvalue weighted by Crippen LogP contribution is -2.57. The smallest absolute Gasteiger partial charge is 0.250 e. The third-order valence-corrected chi connectivity index (χ3v) is 6.17. The molecule has 1 aliphatic heterocycles. The molecule has 2 fully saturated rings. The van der Waals surface area contributed by atoms with E-state index in [-0.39, 0.29) is 24.3 Å². The molecule has 2 N–H and O–H groups in total. The van der Waals surface area contributed by atoms with Gasteiger partial charge in [0.1, 0.15) is 5.54 Å². The van der Waals surface area contributed by atoms with Gasteiger partial charge in [0.15, 0.2) is 11.5 Å². The van der Waals surface area contributed by atoms with E-state index < -0.39 is 5.54 Å². The molecule has 3 amide bonds. The number of hydrogen-bond donors (Lipinski definition) is 2. The molecule has 1 aliphatic carbocycles. The second-order valence-corrected chi connectivity index (χ2v) is 8.34.